The number of benzene rings is 1. The van der Waals surface area contributed by atoms with Crippen molar-refractivity contribution in [2.24, 2.45) is 0 Å². The van der Waals surface area contributed by atoms with Gasteiger partial charge in [-0.05, 0) is 48.9 Å². The average molecular weight is 399 g/mol. The fraction of sp³-hybridized carbons (Fsp3) is 0.522. The van der Waals surface area contributed by atoms with Crippen molar-refractivity contribution in [2.75, 3.05) is 26.3 Å². The maximum atomic E-state index is 12.3. The second-order valence-electron chi connectivity index (χ2n) is 7.89. The Morgan fingerprint density at radius 3 is 2.69 bits per heavy atom. The number of ether oxygens (including phenoxy) is 2. The Hall–Kier alpha value is -2.31. The molecule has 1 amide bonds. The SMILES string of the molecule is O=C(CCn1ccc(-c2ccc(CO)c(OC3CCCC3)c2)c1)N1CCOCC1. The van der Waals surface area contributed by atoms with E-state index >= 15 is 0 Å². The van der Waals surface area contributed by atoms with Gasteiger partial charge >= 0.3 is 0 Å². The van der Waals surface area contributed by atoms with E-state index in [1.54, 1.807) is 0 Å². The van der Waals surface area contributed by atoms with Crippen LogP contribution < -0.4 is 4.74 Å². The number of morpholine rings is 1. The molecule has 0 unspecified atom stereocenters. The number of carbonyl (C=O) groups is 1. The van der Waals surface area contributed by atoms with E-state index in [1.807, 2.05) is 29.3 Å². The van der Waals surface area contributed by atoms with Crippen LogP contribution in [0, 0.1) is 0 Å². The van der Waals surface area contributed by atoms with Crippen molar-refractivity contribution in [2.45, 2.75) is 51.4 Å². The number of hydrogen-bond acceptors (Lipinski definition) is 4. The van der Waals surface area contributed by atoms with E-state index in [9.17, 15) is 9.90 Å². The summed E-state index contributed by atoms with van der Waals surface area (Å²) < 4.78 is 13.6. The minimum atomic E-state index is -0.0208. The average Bonchev–Trinajstić information content (AvgIpc) is 3.45. The zero-order chi connectivity index (χ0) is 20.1. The second kappa shape index (κ2) is 9.46. The fourth-order valence-electron chi connectivity index (χ4n) is 4.11. The van der Waals surface area contributed by atoms with Gasteiger partial charge in [-0.25, -0.2) is 0 Å². The van der Waals surface area contributed by atoms with Crippen molar-refractivity contribution in [3.8, 4) is 16.9 Å². The Kier molecular flexibility index (Phi) is 6.52. The van der Waals surface area contributed by atoms with Crippen molar-refractivity contribution in [3.63, 3.8) is 0 Å². The molecule has 2 heterocycles. The lowest BCUT2D eigenvalue weighted by atomic mass is 10.1. The molecule has 2 fully saturated rings. The molecule has 2 aromatic rings. The van der Waals surface area contributed by atoms with Crippen LogP contribution in [0.25, 0.3) is 11.1 Å². The molecule has 6 nitrogen and oxygen atoms in total. The molecule has 1 N–H and O–H groups in total. The molecule has 6 heteroatoms. The molecule has 0 bridgehead atoms. The summed E-state index contributed by atoms with van der Waals surface area (Å²) >= 11 is 0. The van der Waals surface area contributed by atoms with Crippen LogP contribution in [-0.4, -0.2) is 52.9 Å². The third kappa shape index (κ3) is 5.00. The quantitative estimate of drug-likeness (QED) is 0.778. The molecular weight excluding hydrogens is 368 g/mol. The van der Waals surface area contributed by atoms with Gasteiger partial charge in [0.2, 0.25) is 5.91 Å². The molecule has 0 radical (unpaired) electrons. The smallest absolute Gasteiger partial charge is 0.224 e. The molecular formula is C23H30N2O4. The maximum absolute atomic E-state index is 12.3. The van der Waals surface area contributed by atoms with Crippen LogP contribution in [-0.2, 0) is 22.7 Å². The third-order valence-corrected chi connectivity index (χ3v) is 5.86. The number of nitrogens with zero attached hydrogens (tertiary/aromatic N) is 2. The Morgan fingerprint density at radius 1 is 1.14 bits per heavy atom. The highest BCUT2D eigenvalue weighted by atomic mass is 16.5. The zero-order valence-corrected chi connectivity index (χ0v) is 16.9. The standard InChI is InChI=1S/C23H30N2O4/c26-17-20-6-5-18(15-22(20)29-21-3-1-2-4-21)19-7-9-24(16-19)10-8-23(27)25-11-13-28-14-12-25/h5-7,9,15-16,21,26H,1-4,8,10-14,17H2. The van der Waals surface area contributed by atoms with Crippen LogP contribution in [0.3, 0.4) is 0 Å². The number of aromatic nitrogens is 1. The van der Waals surface area contributed by atoms with Crippen molar-refractivity contribution in [1.82, 2.24) is 9.47 Å². The summed E-state index contributed by atoms with van der Waals surface area (Å²) in [6.07, 6.45) is 9.43. The summed E-state index contributed by atoms with van der Waals surface area (Å²) in [6.45, 7) is 3.29. The molecule has 1 aromatic carbocycles. The van der Waals surface area contributed by atoms with E-state index in [0.29, 0.717) is 39.3 Å². The highest BCUT2D eigenvalue weighted by Gasteiger charge is 2.19. The predicted octanol–water partition coefficient (Wildman–Crippen LogP) is 3.22. The van der Waals surface area contributed by atoms with Gasteiger partial charge in [-0.3, -0.25) is 4.79 Å². The molecule has 156 valence electrons. The Morgan fingerprint density at radius 2 is 1.93 bits per heavy atom. The van der Waals surface area contributed by atoms with E-state index in [4.69, 9.17) is 9.47 Å². The molecule has 29 heavy (non-hydrogen) atoms. The van der Waals surface area contributed by atoms with Crippen LogP contribution in [0.4, 0.5) is 0 Å². The first-order valence-electron chi connectivity index (χ1n) is 10.6. The van der Waals surface area contributed by atoms with Crippen LogP contribution in [0.15, 0.2) is 36.7 Å². The van der Waals surface area contributed by atoms with Gasteiger partial charge in [0, 0.05) is 44.0 Å². The Balaban J connectivity index is 1.41. The number of aliphatic hydroxyl groups excluding tert-OH is 1. The van der Waals surface area contributed by atoms with E-state index < -0.39 is 0 Å². The van der Waals surface area contributed by atoms with E-state index in [-0.39, 0.29) is 18.6 Å². The van der Waals surface area contributed by atoms with E-state index in [0.717, 1.165) is 35.3 Å². The third-order valence-electron chi connectivity index (χ3n) is 5.86. The summed E-state index contributed by atoms with van der Waals surface area (Å²) in [5, 5.41) is 9.66. The van der Waals surface area contributed by atoms with E-state index in [2.05, 4.69) is 16.8 Å². The predicted molar refractivity (Wildman–Crippen MR) is 111 cm³/mol. The summed E-state index contributed by atoms with van der Waals surface area (Å²) in [5.41, 5.74) is 2.98. The molecule has 4 rings (SSSR count). The van der Waals surface area contributed by atoms with Gasteiger partial charge in [0.05, 0.1) is 25.9 Å². The topological polar surface area (TPSA) is 63.9 Å². The number of rotatable bonds is 7. The molecule has 1 saturated carbocycles. The van der Waals surface area contributed by atoms with Crippen LogP contribution >= 0.6 is 0 Å². The minimum Gasteiger partial charge on any atom is -0.490 e. The molecule has 1 aromatic heterocycles. The van der Waals surface area contributed by atoms with Gasteiger partial charge < -0.3 is 24.0 Å². The second-order valence-corrected chi connectivity index (χ2v) is 7.89. The summed E-state index contributed by atoms with van der Waals surface area (Å²) in [5.74, 6) is 0.968. The lowest BCUT2D eigenvalue weighted by molar-refractivity contribution is -0.135. The normalized spacial score (nSPS) is 17.6. The highest BCUT2D eigenvalue weighted by molar-refractivity contribution is 5.76. The van der Waals surface area contributed by atoms with Crippen LogP contribution in [0.2, 0.25) is 0 Å². The van der Waals surface area contributed by atoms with Gasteiger partial charge in [-0.2, -0.15) is 0 Å². The molecule has 0 atom stereocenters. The summed E-state index contributed by atoms with van der Waals surface area (Å²) in [6, 6.07) is 8.06. The van der Waals surface area contributed by atoms with Gasteiger partial charge in [0.15, 0.2) is 0 Å². The summed E-state index contributed by atoms with van der Waals surface area (Å²) in [7, 11) is 0. The number of aliphatic hydroxyl groups is 1. The van der Waals surface area contributed by atoms with Crippen LogP contribution in [0.5, 0.6) is 5.75 Å². The summed E-state index contributed by atoms with van der Waals surface area (Å²) in [4.78, 5) is 14.2. The first-order valence-corrected chi connectivity index (χ1v) is 10.6. The van der Waals surface area contributed by atoms with Crippen molar-refractivity contribution >= 4 is 5.91 Å². The Bertz CT molecular complexity index is 820. The molecule has 1 saturated heterocycles. The van der Waals surface area contributed by atoms with Gasteiger partial charge in [-0.15, -0.1) is 0 Å². The van der Waals surface area contributed by atoms with Crippen LogP contribution in [0.1, 0.15) is 37.7 Å². The monoisotopic (exact) mass is 398 g/mol. The lowest BCUT2D eigenvalue weighted by Crippen LogP contribution is -2.40. The fourth-order valence-corrected chi connectivity index (χ4v) is 4.11. The van der Waals surface area contributed by atoms with Gasteiger partial charge in [-0.1, -0.05) is 12.1 Å². The number of carbonyl (C=O) groups excluding carboxylic acids is 1. The first kappa shape index (κ1) is 20.0. The largest absolute Gasteiger partial charge is 0.490 e. The van der Waals surface area contributed by atoms with E-state index in [1.165, 1.54) is 12.8 Å². The Labute approximate surface area is 172 Å². The molecule has 0 spiro atoms. The number of aryl methyl sites for hydroxylation is 1. The van der Waals surface area contributed by atoms with Crippen molar-refractivity contribution in [3.05, 3.63) is 42.2 Å². The molecule has 1 aliphatic carbocycles. The minimum absolute atomic E-state index is 0.0208. The molecule has 1 aliphatic heterocycles. The lowest BCUT2D eigenvalue weighted by Gasteiger charge is -2.26. The number of amides is 1. The van der Waals surface area contributed by atoms with Crippen molar-refractivity contribution in [1.29, 1.82) is 0 Å². The van der Waals surface area contributed by atoms with Gasteiger partial charge in [0.1, 0.15) is 5.75 Å². The van der Waals surface area contributed by atoms with Crippen molar-refractivity contribution < 1.29 is 19.4 Å². The maximum Gasteiger partial charge on any atom is 0.224 e. The first-order chi connectivity index (χ1) is 14.2. The number of hydrogen-bond donors (Lipinski definition) is 1. The zero-order valence-electron chi connectivity index (χ0n) is 16.9. The van der Waals surface area contributed by atoms with Gasteiger partial charge in [0.25, 0.3) is 0 Å². The molecule has 2 aliphatic rings. The highest BCUT2D eigenvalue weighted by Crippen LogP contribution is 2.31.